The number of hydrogen-bond donors (Lipinski definition) is 3. The van der Waals surface area contributed by atoms with Crippen LogP contribution >= 0.6 is 0 Å². The van der Waals surface area contributed by atoms with Crippen molar-refractivity contribution >= 4 is 45.9 Å². The van der Waals surface area contributed by atoms with E-state index in [0.717, 1.165) is 0 Å². The number of rotatable bonds is 4. The van der Waals surface area contributed by atoms with Crippen molar-refractivity contribution in [1.29, 1.82) is 0 Å². The van der Waals surface area contributed by atoms with Crippen LogP contribution in [0.25, 0.3) is 11.1 Å². The van der Waals surface area contributed by atoms with Gasteiger partial charge in [-0.05, 0) is 36.4 Å². The van der Waals surface area contributed by atoms with E-state index in [2.05, 4.69) is 20.9 Å². The molecule has 0 unspecified atom stereocenters. The zero-order valence-electron chi connectivity index (χ0n) is 15.0. The van der Waals surface area contributed by atoms with Gasteiger partial charge in [0.1, 0.15) is 5.52 Å². The summed E-state index contributed by atoms with van der Waals surface area (Å²) in [4.78, 5) is 39.5. The van der Waals surface area contributed by atoms with E-state index in [0.29, 0.717) is 34.1 Å². The first-order valence-electron chi connectivity index (χ1n) is 8.19. The van der Waals surface area contributed by atoms with Crippen LogP contribution in [0, 0.1) is 6.92 Å². The highest BCUT2D eigenvalue weighted by Crippen LogP contribution is 2.23. The third kappa shape index (κ3) is 4.49. The number of aryl methyl sites for hydroxylation is 1. The summed E-state index contributed by atoms with van der Waals surface area (Å²) in [7, 11) is 0. The lowest BCUT2D eigenvalue weighted by molar-refractivity contribution is -0.115. The zero-order chi connectivity index (χ0) is 19.6. The third-order valence-corrected chi connectivity index (χ3v) is 3.59. The summed E-state index contributed by atoms with van der Waals surface area (Å²) >= 11 is 0. The first-order chi connectivity index (χ1) is 12.8. The fourth-order valence-electron chi connectivity index (χ4n) is 2.63. The Balaban J connectivity index is 1.88. The largest absolute Gasteiger partial charge is 0.441 e. The highest BCUT2D eigenvalue weighted by Gasteiger charge is 2.12. The van der Waals surface area contributed by atoms with E-state index in [4.69, 9.17) is 4.42 Å². The maximum absolute atomic E-state index is 12.7. The second-order valence-corrected chi connectivity index (χ2v) is 6.03. The van der Waals surface area contributed by atoms with E-state index in [1.54, 1.807) is 31.2 Å². The third-order valence-electron chi connectivity index (χ3n) is 3.59. The van der Waals surface area contributed by atoms with Crippen molar-refractivity contribution in [1.82, 2.24) is 4.98 Å². The molecule has 3 amide bonds. The molecule has 1 heterocycles. The number of nitrogens with zero attached hydrogens (tertiary/aromatic N) is 1. The van der Waals surface area contributed by atoms with Crippen LogP contribution in [0.1, 0.15) is 30.1 Å². The van der Waals surface area contributed by atoms with Crippen LogP contribution in [0.15, 0.2) is 40.8 Å². The number of amides is 3. The van der Waals surface area contributed by atoms with Crippen molar-refractivity contribution in [3.63, 3.8) is 0 Å². The summed E-state index contributed by atoms with van der Waals surface area (Å²) in [6.45, 7) is 4.47. The standard InChI is InChI=1S/C19H18N4O4/c1-10(24)20-15-6-13(7-16(8-15)21-11(2)25)19(26)23-14-4-5-18-17(9-14)22-12(3)27-18/h4-9H,1-3H3,(H,20,24)(H,21,25)(H,23,26). The molecule has 0 fully saturated rings. The Labute approximate surface area is 155 Å². The van der Waals surface area contributed by atoms with Gasteiger partial charge in [-0.25, -0.2) is 4.98 Å². The summed E-state index contributed by atoms with van der Waals surface area (Å²) in [5.74, 6) is -0.425. The average molecular weight is 366 g/mol. The smallest absolute Gasteiger partial charge is 0.255 e. The number of aromatic nitrogens is 1. The number of carbonyl (C=O) groups is 3. The molecule has 3 rings (SSSR count). The fourth-order valence-corrected chi connectivity index (χ4v) is 2.63. The van der Waals surface area contributed by atoms with Crippen molar-refractivity contribution in [2.75, 3.05) is 16.0 Å². The van der Waals surface area contributed by atoms with Crippen LogP contribution in [-0.4, -0.2) is 22.7 Å². The van der Waals surface area contributed by atoms with Crippen molar-refractivity contribution in [3.05, 3.63) is 47.9 Å². The molecule has 8 heteroatoms. The first kappa shape index (κ1) is 18.1. The molecule has 0 aliphatic rings. The lowest BCUT2D eigenvalue weighted by Crippen LogP contribution is -2.15. The number of benzene rings is 2. The Kier molecular flexibility index (Phi) is 4.89. The molecule has 0 saturated heterocycles. The molecule has 0 bridgehead atoms. The van der Waals surface area contributed by atoms with Gasteiger partial charge in [-0.1, -0.05) is 0 Å². The van der Waals surface area contributed by atoms with E-state index in [9.17, 15) is 14.4 Å². The van der Waals surface area contributed by atoms with E-state index >= 15 is 0 Å². The molecule has 1 aromatic heterocycles. The minimum Gasteiger partial charge on any atom is -0.441 e. The summed E-state index contributed by atoms with van der Waals surface area (Å²) < 4.78 is 5.41. The molecule has 8 nitrogen and oxygen atoms in total. The van der Waals surface area contributed by atoms with Crippen LogP contribution in [0.4, 0.5) is 17.1 Å². The monoisotopic (exact) mass is 366 g/mol. The van der Waals surface area contributed by atoms with Gasteiger partial charge >= 0.3 is 0 Å². The predicted octanol–water partition coefficient (Wildman–Crippen LogP) is 3.31. The summed E-state index contributed by atoms with van der Waals surface area (Å²) in [5, 5.41) is 8.00. The summed E-state index contributed by atoms with van der Waals surface area (Å²) in [6, 6.07) is 9.76. The van der Waals surface area contributed by atoms with E-state index < -0.39 is 5.91 Å². The molecule has 0 saturated carbocycles. The Morgan fingerprint density at radius 2 is 1.48 bits per heavy atom. The van der Waals surface area contributed by atoms with Gasteiger partial charge in [0, 0.05) is 43.4 Å². The summed E-state index contributed by atoms with van der Waals surface area (Å²) in [5.41, 5.74) is 2.90. The minimum atomic E-state index is -0.395. The number of anilines is 3. The molecule has 138 valence electrons. The Morgan fingerprint density at radius 1 is 0.852 bits per heavy atom. The number of oxazole rings is 1. The minimum absolute atomic E-state index is 0.279. The Morgan fingerprint density at radius 3 is 2.07 bits per heavy atom. The van der Waals surface area contributed by atoms with Crippen molar-refractivity contribution in [3.8, 4) is 0 Å². The number of fused-ring (bicyclic) bond motifs is 1. The molecule has 0 aliphatic carbocycles. The normalized spacial score (nSPS) is 10.5. The summed E-state index contributed by atoms with van der Waals surface area (Å²) in [6.07, 6.45) is 0. The molecule has 0 aliphatic heterocycles. The molecule has 27 heavy (non-hydrogen) atoms. The second-order valence-electron chi connectivity index (χ2n) is 6.03. The number of hydrogen-bond acceptors (Lipinski definition) is 5. The quantitative estimate of drug-likeness (QED) is 0.655. The van der Waals surface area contributed by atoms with E-state index in [1.807, 2.05) is 0 Å². The lowest BCUT2D eigenvalue weighted by atomic mass is 10.1. The van der Waals surface area contributed by atoms with Gasteiger partial charge in [0.15, 0.2) is 11.5 Å². The van der Waals surface area contributed by atoms with Crippen LogP contribution in [0.5, 0.6) is 0 Å². The predicted molar refractivity (Wildman–Crippen MR) is 102 cm³/mol. The molecule has 3 aromatic rings. The van der Waals surface area contributed by atoms with Crippen LogP contribution in [-0.2, 0) is 9.59 Å². The molecule has 3 N–H and O–H groups in total. The zero-order valence-corrected chi connectivity index (χ0v) is 15.0. The van der Waals surface area contributed by atoms with Gasteiger partial charge in [0.05, 0.1) is 0 Å². The Bertz CT molecular complexity index is 1020. The molecular weight excluding hydrogens is 348 g/mol. The topological polar surface area (TPSA) is 113 Å². The van der Waals surface area contributed by atoms with Gasteiger partial charge < -0.3 is 20.4 Å². The van der Waals surface area contributed by atoms with Gasteiger partial charge in [-0.3, -0.25) is 14.4 Å². The molecule has 0 spiro atoms. The lowest BCUT2D eigenvalue weighted by Gasteiger charge is -2.11. The number of nitrogens with one attached hydrogen (secondary N) is 3. The molecule has 0 atom stereocenters. The van der Waals surface area contributed by atoms with Gasteiger partial charge in [-0.2, -0.15) is 0 Å². The van der Waals surface area contributed by atoms with Gasteiger partial charge in [0.25, 0.3) is 5.91 Å². The van der Waals surface area contributed by atoms with Crippen molar-refractivity contribution < 1.29 is 18.8 Å². The fraction of sp³-hybridized carbons (Fsp3) is 0.158. The van der Waals surface area contributed by atoms with Crippen LogP contribution < -0.4 is 16.0 Å². The maximum Gasteiger partial charge on any atom is 0.255 e. The average Bonchev–Trinajstić information content (AvgIpc) is 2.92. The highest BCUT2D eigenvalue weighted by molar-refractivity contribution is 6.07. The Hall–Kier alpha value is -3.68. The van der Waals surface area contributed by atoms with Crippen LogP contribution in [0.3, 0.4) is 0 Å². The van der Waals surface area contributed by atoms with Crippen molar-refractivity contribution in [2.45, 2.75) is 20.8 Å². The van der Waals surface area contributed by atoms with Crippen LogP contribution in [0.2, 0.25) is 0 Å². The van der Waals surface area contributed by atoms with Gasteiger partial charge in [-0.15, -0.1) is 0 Å². The van der Waals surface area contributed by atoms with Crippen molar-refractivity contribution in [2.24, 2.45) is 0 Å². The van der Waals surface area contributed by atoms with Gasteiger partial charge in [0.2, 0.25) is 11.8 Å². The molecular formula is C19H18N4O4. The molecule has 2 aromatic carbocycles. The second kappa shape index (κ2) is 7.28. The maximum atomic E-state index is 12.7. The van der Waals surface area contributed by atoms with E-state index in [-0.39, 0.29) is 17.4 Å². The number of carbonyl (C=O) groups excluding carboxylic acids is 3. The molecule has 0 radical (unpaired) electrons. The van der Waals surface area contributed by atoms with E-state index in [1.165, 1.54) is 26.0 Å². The highest BCUT2D eigenvalue weighted by atomic mass is 16.3. The SMILES string of the molecule is CC(=O)Nc1cc(NC(C)=O)cc(C(=O)Nc2ccc3oc(C)nc3c2)c1. The first-order valence-corrected chi connectivity index (χ1v) is 8.19.